The van der Waals surface area contributed by atoms with Gasteiger partial charge in [-0.25, -0.2) is 8.42 Å². The zero-order valence-electron chi connectivity index (χ0n) is 17.3. The predicted octanol–water partition coefficient (Wildman–Crippen LogP) is 1.88. The molecule has 29 heavy (non-hydrogen) atoms. The lowest BCUT2D eigenvalue weighted by molar-refractivity contribution is -0.872. The van der Waals surface area contributed by atoms with Crippen LogP contribution in [0.2, 0.25) is 0 Å². The highest BCUT2D eigenvalue weighted by Crippen LogP contribution is 2.29. The van der Waals surface area contributed by atoms with E-state index in [1.54, 1.807) is 13.8 Å². The average molecular weight is 422 g/mol. The topological polar surface area (TPSA) is 97.0 Å². The summed E-state index contributed by atoms with van der Waals surface area (Å²) >= 11 is 0. The number of quaternary nitrogens is 1. The van der Waals surface area contributed by atoms with E-state index in [9.17, 15) is 18.5 Å². The monoisotopic (exact) mass is 421 g/mol. The molecule has 0 radical (unpaired) electrons. The van der Waals surface area contributed by atoms with Crippen LogP contribution in [0.15, 0.2) is 47.4 Å². The number of anilines is 1. The maximum atomic E-state index is 12.6. The minimum Gasteiger partial charge on any atom is -0.375 e. The van der Waals surface area contributed by atoms with Crippen molar-refractivity contribution in [3.63, 3.8) is 0 Å². The van der Waals surface area contributed by atoms with Crippen molar-refractivity contribution >= 4 is 21.4 Å². The molecule has 0 saturated heterocycles. The fraction of sp³-hybridized carbons (Fsp3) is 0.400. The van der Waals surface area contributed by atoms with E-state index in [1.807, 2.05) is 24.3 Å². The zero-order chi connectivity index (χ0) is 21.6. The molecule has 2 N–H and O–H groups in total. The van der Waals surface area contributed by atoms with Crippen LogP contribution in [0, 0.1) is 10.1 Å². The van der Waals surface area contributed by atoms with Crippen molar-refractivity contribution in [1.82, 2.24) is 4.31 Å². The van der Waals surface area contributed by atoms with Crippen LogP contribution in [-0.4, -0.2) is 44.8 Å². The van der Waals surface area contributed by atoms with Gasteiger partial charge in [-0.1, -0.05) is 38.1 Å². The first-order valence-electron chi connectivity index (χ1n) is 9.58. The molecule has 0 unspecified atom stereocenters. The Morgan fingerprint density at radius 2 is 1.62 bits per heavy atom. The van der Waals surface area contributed by atoms with Crippen LogP contribution in [0.25, 0.3) is 0 Å². The minimum atomic E-state index is -3.76. The van der Waals surface area contributed by atoms with Gasteiger partial charge in [0.2, 0.25) is 10.0 Å². The number of hydrogen-bond acceptors (Lipinski definition) is 5. The molecule has 2 aromatic rings. The van der Waals surface area contributed by atoms with E-state index in [0.717, 1.165) is 18.2 Å². The molecule has 0 atom stereocenters. The number of nitrogens with one attached hydrogen (secondary N) is 2. The SMILES string of the molecule is CCN(CC)S(=O)(=O)c1ccc(NCc2ccc(C[NH+](C)C)cc2)c([N+](=O)[O-])c1. The maximum Gasteiger partial charge on any atom is 0.293 e. The summed E-state index contributed by atoms with van der Waals surface area (Å²) in [6, 6.07) is 12.0. The lowest BCUT2D eigenvalue weighted by Gasteiger charge is -2.18. The molecule has 0 aliphatic rings. The molecule has 2 aromatic carbocycles. The number of rotatable bonds is 10. The molecule has 2 rings (SSSR count). The Bertz CT molecular complexity index is 939. The van der Waals surface area contributed by atoms with Gasteiger partial charge in [-0.05, 0) is 17.7 Å². The Labute approximate surface area is 172 Å². The quantitative estimate of drug-likeness (QED) is 0.451. The van der Waals surface area contributed by atoms with Gasteiger partial charge in [-0.3, -0.25) is 10.1 Å². The fourth-order valence-corrected chi connectivity index (χ4v) is 4.54. The third-order valence-corrected chi connectivity index (χ3v) is 6.62. The lowest BCUT2D eigenvalue weighted by Crippen LogP contribution is -3.04. The molecule has 0 amide bonds. The molecule has 0 heterocycles. The summed E-state index contributed by atoms with van der Waals surface area (Å²) in [5.74, 6) is 0. The highest BCUT2D eigenvalue weighted by molar-refractivity contribution is 7.89. The second-order valence-electron chi connectivity index (χ2n) is 7.08. The smallest absolute Gasteiger partial charge is 0.293 e. The summed E-state index contributed by atoms with van der Waals surface area (Å²) in [5.41, 5.74) is 2.23. The molecule has 0 bridgehead atoms. The van der Waals surface area contributed by atoms with Gasteiger partial charge in [0.1, 0.15) is 12.2 Å². The maximum absolute atomic E-state index is 12.6. The van der Waals surface area contributed by atoms with Gasteiger partial charge in [0.15, 0.2) is 0 Å². The van der Waals surface area contributed by atoms with Gasteiger partial charge in [-0.2, -0.15) is 4.31 Å². The summed E-state index contributed by atoms with van der Waals surface area (Å²) in [7, 11) is 0.407. The molecular weight excluding hydrogens is 392 g/mol. The molecule has 0 spiro atoms. The molecule has 0 aliphatic carbocycles. The predicted molar refractivity (Wildman–Crippen MR) is 113 cm³/mol. The summed E-state index contributed by atoms with van der Waals surface area (Å²) in [6.07, 6.45) is 0. The van der Waals surface area contributed by atoms with Crippen LogP contribution in [0.1, 0.15) is 25.0 Å². The molecule has 0 saturated carbocycles. The molecular formula is C20H29N4O4S+. The van der Waals surface area contributed by atoms with E-state index in [4.69, 9.17) is 0 Å². The van der Waals surface area contributed by atoms with Crippen molar-refractivity contribution in [2.45, 2.75) is 31.8 Å². The minimum absolute atomic E-state index is 0.0750. The van der Waals surface area contributed by atoms with Crippen LogP contribution >= 0.6 is 0 Å². The van der Waals surface area contributed by atoms with Crippen molar-refractivity contribution in [2.24, 2.45) is 0 Å². The Morgan fingerprint density at radius 1 is 1.03 bits per heavy atom. The van der Waals surface area contributed by atoms with Gasteiger partial charge in [0.05, 0.1) is 23.9 Å². The van der Waals surface area contributed by atoms with Crippen molar-refractivity contribution in [3.05, 3.63) is 63.7 Å². The van der Waals surface area contributed by atoms with E-state index in [0.29, 0.717) is 19.6 Å². The van der Waals surface area contributed by atoms with Crippen LogP contribution in [-0.2, 0) is 23.1 Å². The molecule has 0 fully saturated rings. The number of benzene rings is 2. The number of nitro benzene ring substituents is 1. The van der Waals surface area contributed by atoms with Crippen molar-refractivity contribution in [3.8, 4) is 0 Å². The Morgan fingerprint density at radius 3 is 2.14 bits per heavy atom. The molecule has 158 valence electrons. The van der Waals surface area contributed by atoms with Gasteiger partial charge >= 0.3 is 0 Å². The summed E-state index contributed by atoms with van der Waals surface area (Å²) in [6.45, 7) is 5.39. The molecule has 8 nitrogen and oxygen atoms in total. The Balaban J connectivity index is 2.22. The average Bonchev–Trinajstić information content (AvgIpc) is 2.67. The first-order chi connectivity index (χ1) is 13.7. The molecule has 0 aliphatic heterocycles. The third-order valence-electron chi connectivity index (χ3n) is 4.57. The number of sulfonamides is 1. The Kier molecular flexibility index (Phi) is 7.72. The van der Waals surface area contributed by atoms with Crippen LogP contribution in [0.3, 0.4) is 0 Å². The lowest BCUT2D eigenvalue weighted by atomic mass is 10.1. The van der Waals surface area contributed by atoms with E-state index >= 15 is 0 Å². The summed E-state index contributed by atoms with van der Waals surface area (Å²) in [4.78, 5) is 12.2. The third kappa shape index (κ3) is 5.75. The van der Waals surface area contributed by atoms with Gasteiger partial charge in [0, 0.05) is 31.3 Å². The largest absolute Gasteiger partial charge is 0.375 e. The van der Waals surface area contributed by atoms with Crippen LogP contribution in [0.4, 0.5) is 11.4 Å². The van der Waals surface area contributed by atoms with Gasteiger partial charge < -0.3 is 10.2 Å². The molecule has 0 aromatic heterocycles. The van der Waals surface area contributed by atoms with E-state index in [-0.39, 0.29) is 16.3 Å². The first-order valence-corrected chi connectivity index (χ1v) is 11.0. The highest BCUT2D eigenvalue weighted by atomic mass is 32.2. The Hall–Kier alpha value is -2.49. The van der Waals surface area contributed by atoms with E-state index in [2.05, 4.69) is 19.4 Å². The second-order valence-corrected chi connectivity index (χ2v) is 9.02. The number of nitro groups is 1. The van der Waals surface area contributed by atoms with Gasteiger partial charge in [0.25, 0.3) is 5.69 Å². The summed E-state index contributed by atoms with van der Waals surface area (Å²) < 4.78 is 26.6. The normalized spacial score (nSPS) is 11.8. The summed E-state index contributed by atoms with van der Waals surface area (Å²) in [5, 5.41) is 14.6. The van der Waals surface area contributed by atoms with E-state index in [1.165, 1.54) is 26.9 Å². The van der Waals surface area contributed by atoms with Crippen LogP contribution in [0.5, 0.6) is 0 Å². The fourth-order valence-electron chi connectivity index (χ4n) is 3.07. The standard InChI is InChI=1S/C20H28N4O4S/c1-5-23(6-2)29(27,28)18-11-12-19(20(13-18)24(25)26)21-14-16-7-9-17(10-8-16)15-22(3)4/h7-13,21H,5-6,14-15H2,1-4H3/p+1. The van der Waals surface area contributed by atoms with E-state index < -0.39 is 14.9 Å². The van der Waals surface area contributed by atoms with Crippen molar-refractivity contribution in [2.75, 3.05) is 32.5 Å². The zero-order valence-corrected chi connectivity index (χ0v) is 18.1. The second kappa shape index (κ2) is 9.82. The first kappa shape index (κ1) is 22.8. The van der Waals surface area contributed by atoms with Crippen molar-refractivity contribution < 1.29 is 18.2 Å². The highest BCUT2D eigenvalue weighted by Gasteiger charge is 2.25. The van der Waals surface area contributed by atoms with Crippen molar-refractivity contribution in [1.29, 1.82) is 0 Å². The molecule has 9 heteroatoms. The van der Waals surface area contributed by atoms with Gasteiger partial charge in [-0.15, -0.1) is 0 Å². The number of nitrogens with zero attached hydrogens (tertiary/aromatic N) is 2. The number of hydrogen-bond donors (Lipinski definition) is 2. The van der Waals surface area contributed by atoms with Crippen LogP contribution < -0.4 is 10.2 Å².